The zero-order valence-electron chi connectivity index (χ0n) is 27.2. The van der Waals surface area contributed by atoms with Crippen molar-refractivity contribution in [1.29, 1.82) is 0 Å². The Morgan fingerprint density at radius 1 is 1.00 bits per heavy atom. The highest BCUT2D eigenvalue weighted by atomic mass is 28.3. The first kappa shape index (κ1) is 32.9. The first-order valence-corrected chi connectivity index (χ1v) is 17.6. The number of ether oxygens (including phenoxy) is 1. The van der Waals surface area contributed by atoms with E-state index in [9.17, 15) is 19.7 Å². The molecule has 1 N–H and O–H groups in total. The Balaban J connectivity index is 1.07. The largest absolute Gasteiger partial charge is 0.445 e. The molecule has 48 heavy (non-hydrogen) atoms. The number of likely N-dealkylation sites (tertiary alicyclic amines) is 1. The van der Waals surface area contributed by atoms with Gasteiger partial charge in [-0.1, -0.05) is 81.4 Å². The lowest BCUT2D eigenvalue weighted by Gasteiger charge is -2.53. The molecule has 0 saturated carbocycles. The zero-order valence-corrected chi connectivity index (χ0v) is 28.3. The molecule has 12 nitrogen and oxygen atoms in total. The number of nitrogens with one attached hydrogen (secondary N) is 1. The molecule has 0 aliphatic carbocycles. The molecule has 3 atom stereocenters. The van der Waals surface area contributed by atoms with Crippen LogP contribution in [0.3, 0.4) is 0 Å². The molecule has 6 rings (SSSR count). The van der Waals surface area contributed by atoms with E-state index in [1.165, 1.54) is 33.7 Å². The van der Waals surface area contributed by atoms with Gasteiger partial charge in [0.25, 0.3) is 17.6 Å². The minimum absolute atomic E-state index is 0.0106. The highest BCUT2D eigenvalue weighted by Gasteiger charge is 2.49. The number of amides is 2. The van der Waals surface area contributed by atoms with Crippen molar-refractivity contribution in [3.05, 3.63) is 113 Å². The summed E-state index contributed by atoms with van der Waals surface area (Å²) < 4.78 is 18.3. The summed E-state index contributed by atoms with van der Waals surface area (Å²) in [6.07, 6.45) is 1.13. The van der Waals surface area contributed by atoms with Crippen LogP contribution in [0.1, 0.15) is 43.2 Å². The van der Waals surface area contributed by atoms with Gasteiger partial charge in [-0.15, -0.1) is 0 Å². The lowest BCUT2D eigenvalue weighted by atomic mass is 9.74. The Labute approximate surface area is 280 Å². The van der Waals surface area contributed by atoms with E-state index in [1.54, 1.807) is 12.1 Å². The van der Waals surface area contributed by atoms with Crippen molar-refractivity contribution < 1.29 is 28.1 Å². The summed E-state index contributed by atoms with van der Waals surface area (Å²) in [6, 6.07) is 26.5. The Morgan fingerprint density at radius 3 is 2.25 bits per heavy atom. The van der Waals surface area contributed by atoms with Crippen LogP contribution in [0, 0.1) is 21.4 Å². The number of oxazole rings is 1. The topological polar surface area (TPSA) is 140 Å². The Bertz CT molecular complexity index is 1690. The third-order valence-corrected chi connectivity index (χ3v) is 11.4. The van der Waals surface area contributed by atoms with Crippen LogP contribution in [-0.4, -0.2) is 67.8 Å². The maximum absolute atomic E-state index is 13.2. The summed E-state index contributed by atoms with van der Waals surface area (Å²) in [6.45, 7) is 8.00. The number of non-ortho nitro benzene ring substituents is 1. The molecule has 0 spiro atoms. The van der Waals surface area contributed by atoms with Gasteiger partial charge in [-0.25, -0.2) is 4.79 Å². The third-order valence-electron chi connectivity index (χ3n) is 8.90. The van der Waals surface area contributed by atoms with Gasteiger partial charge in [0.15, 0.2) is 5.69 Å². The number of nitrogens with zero attached hydrogens (tertiary/aromatic N) is 4. The number of nitro benzene ring substituents is 1. The van der Waals surface area contributed by atoms with Gasteiger partial charge < -0.3 is 28.7 Å². The summed E-state index contributed by atoms with van der Waals surface area (Å²) >= 11 is 0. The van der Waals surface area contributed by atoms with Gasteiger partial charge in [-0.05, 0) is 39.9 Å². The number of benzene rings is 3. The quantitative estimate of drug-likeness (QED) is 0.150. The van der Waals surface area contributed by atoms with Crippen molar-refractivity contribution in [2.45, 2.75) is 46.1 Å². The smallest absolute Gasteiger partial charge is 0.410 e. The van der Waals surface area contributed by atoms with Crippen LogP contribution in [0.4, 0.5) is 16.5 Å². The fraction of sp³-hybridized carbons (Fsp3) is 0.343. The first-order valence-electron chi connectivity index (χ1n) is 16.0. The van der Waals surface area contributed by atoms with E-state index in [0.717, 1.165) is 0 Å². The van der Waals surface area contributed by atoms with Crippen LogP contribution in [0.15, 0.2) is 95.6 Å². The van der Waals surface area contributed by atoms with Gasteiger partial charge >= 0.3 is 6.09 Å². The predicted molar refractivity (Wildman–Crippen MR) is 182 cm³/mol. The Kier molecular flexibility index (Phi) is 9.60. The molecule has 3 heterocycles. The van der Waals surface area contributed by atoms with Crippen molar-refractivity contribution in [2.24, 2.45) is 11.3 Å². The molecule has 1 aromatic heterocycles. The molecule has 2 aliphatic heterocycles. The van der Waals surface area contributed by atoms with Crippen LogP contribution in [-0.2, 0) is 15.8 Å². The number of nitro groups is 1. The van der Waals surface area contributed by atoms with Crippen molar-refractivity contribution in [3.63, 3.8) is 0 Å². The van der Waals surface area contributed by atoms with Gasteiger partial charge in [0.1, 0.15) is 19.1 Å². The van der Waals surface area contributed by atoms with Crippen molar-refractivity contribution in [2.75, 3.05) is 24.5 Å². The maximum Gasteiger partial charge on any atom is 0.410 e. The Morgan fingerprint density at radius 2 is 1.65 bits per heavy atom. The van der Waals surface area contributed by atoms with Crippen LogP contribution in [0.25, 0.3) is 0 Å². The molecule has 2 saturated heterocycles. The van der Waals surface area contributed by atoms with Crippen LogP contribution < -0.4 is 20.6 Å². The summed E-state index contributed by atoms with van der Waals surface area (Å²) in [5.41, 5.74) is 0.733. The number of carbonyl (C=O) groups is 2. The lowest BCUT2D eigenvalue weighted by molar-refractivity contribution is -0.384. The number of hydrogen-bond acceptors (Lipinski definition) is 9. The van der Waals surface area contributed by atoms with E-state index in [-0.39, 0.29) is 54.0 Å². The van der Waals surface area contributed by atoms with E-state index in [1.807, 2.05) is 41.3 Å². The molecule has 2 unspecified atom stereocenters. The molecule has 13 heteroatoms. The highest BCUT2D eigenvalue weighted by Crippen LogP contribution is 2.42. The van der Waals surface area contributed by atoms with Gasteiger partial charge in [0, 0.05) is 43.7 Å². The van der Waals surface area contributed by atoms with E-state index in [2.05, 4.69) is 55.3 Å². The average Bonchev–Trinajstić information content (AvgIpc) is 3.74. The summed E-state index contributed by atoms with van der Waals surface area (Å²) in [4.78, 5) is 44.3. The molecule has 4 aromatic rings. The molecular weight excluding hydrogens is 630 g/mol. The fourth-order valence-corrected chi connectivity index (χ4v) is 8.50. The SMILES string of the molecule is CC(C)(C)C1CN(c2nc(C(=O)N[C@H]3CCN(C(=O)OCc4ccc([N+](=O)[O-])cc4)C3)co2)C1O[SiH](c1ccccc1)c1ccccc1. The molecule has 0 radical (unpaired) electrons. The summed E-state index contributed by atoms with van der Waals surface area (Å²) in [7, 11) is -2.08. The average molecular weight is 670 g/mol. The number of rotatable bonds is 10. The van der Waals surface area contributed by atoms with Gasteiger partial charge in [-0.2, -0.15) is 4.98 Å². The van der Waals surface area contributed by atoms with Gasteiger partial charge in [0.2, 0.25) is 9.04 Å². The minimum atomic E-state index is -2.08. The van der Waals surface area contributed by atoms with E-state index >= 15 is 0 Å². The molecule has 3 aromatic carbocycles. The van der Waals surface area contributed by atoms with E-state index in [0.29, 0.717) is 31.1 Å². The second-order valence-electron chi connectivity index (χ2n) is 13.3. The predicted octanol–water partition coefficient (Wildman–Crippen LogP) is 4.09. The van der Waals surface area contributed by atoms with Gasteiger partial charge in [0.05, 0.1) is 4.92 Å². The second-order valence-corrected chi connectivity index (χ2v) is 15.6. The maximum atomic E-state index is 13.2. The number of anilines is 1. The van der Waals surface area contributed by atoms with Crippen molar-refractivity contribution >= 4 is 43.1 Å². The standard InChI is InChI=1S/C35H39N5O7Si/c1-35(2,3)29-21-39(32(29)47-48(27-10-6-4-7-11-27)28-12-8-5-9-13-28)33-37-30(23-45-33)31(41)36-25-18-19-38(20-25)34(42)46-22-24-14-16-26(17-15-24)40(43)44/h4-17,23,25,29,32,48H,18-22H2,1-3H3,(H,36,41)/t25-,29?,32?/m0/s1. The van der Waals surface area contributed by atoms with Crippen LogP contribution in [0.2, 0.25) is 0 Å². The summed E-state index contributed by atoms with van der Waals surface area (Å²) in [5.74, 6) is -0.170. The molecule has 0 bridgehead atoms. The lowest BCUT2D eigenvalue weighted by Crippen LogP contribution is -2.65. The molecule has 2 fully saturated rings. The van der Waals surface area contributed by atoms with Crippen molar-refractivity contribution in [3.8, 4) is 0 Å². The highest BCUT2D eigenvalue weighted by molar-refractivity contribution is 6.80. The molecule has 2 amide bonds. The molecule has 2 aliphatic rings. The van der Waals surface area contributed by atoms with E-state index < -0.39 is 20.1 Å². The van der Waals surface area contributed by atoms with Gasteiger partial charge in [-0.3, -0.25) is 14.9 Å². The molecule has 250 valence electrons. The molecular formula is C35H39N5O7Si. The zero-order chi connectivity index (χ0) is 33.8. The summed E-state index contributed by atoms with van der Waals surface area (Å²) in [5, 5.41) is 16.2. The first-order chi connectivity index (χ1) is 23.1. The number of aromatic nitrogens is 1. The van der Waals surface area contributed by atoms with Crippen molar-refractivity contribution in [1.82, 2.24) is 15.2 Å². The van der Waals surface area contributed by atoms with Crippen LogP contribution >= 0.6 is 0 Å². The second kappa shape index (κ2) is 14.0. The third kappa shape index (κ3) is 7.42. The normalized spacial score (nSPS) is 19.2. The minimum Gasteiger partial charge on any atom is -0.445 e. The Hall–Kier alpha value is -5.01. The monoisotopic (exact) mass is 669 g/mol. The fourth-order valence-electron chi connectivity index (χ4n) is 6.04. The van der Waals surface area contributed by atoms with Crippen LogP contribution in [0.5, 0.6) is 0 Å². The number of hydrogen-bond donors (Lipinski definition) is 1. The number of carbonyl (C=O) groups excluding carboxylic acids is 2. The van der Waals surface area contributed by atoms with E-state index in [4.69, 9.17) is 13.6 Å².